The molecule has 0 N–H and O–H groups in total. The second-order valence-electron chi connectivity index (χ2n) is 5.41. The number of hydrogen-bond acceptors (Lipinski definition) is 1. The van der Waals surface area contributed by atoms with Gasteiger partial charge in [0, 0.05) is 12.3 Å². The molecule has 0 spiro atoms. The summed E-state index contributed by atoms with van der Waals surface area (Å²) < 4.78 is 0. The number of rotatable bonds is 0. The standard InChI is InChI=1S/C12H18O/c1-7-5-12(13)11-6-10(7)8-3-2-4-9(8)11/h7-11H,2-6H2,1H3. The van der Waals surface area contributed by atoms with Gasteiger partial charge in [0.1, 0.15) is 5.78 Å². The van der Waals surface area contributed by atoms with E-state index in [-0.39, 0.29) is 0 Å². The number of carbonyl (C=O) groups excluding carboxylic acids is 1. The predicted molar refractivity (Wildman–Crippen MR) is 51.2 cm³/mol. The van der Waals surface area contributed by atoms with Crippen LogP contribution in [-0.4, -0.2) is 5.78 Å². The van der Waals surface area contributed by atoms with Crippen molar-refractivity contribution in [3.05, 3.63) is 0 Å². The first-order valence-electron chi connectivity index (χ1n) is 5.80. The maximum absolute atomic E-state index is 11.8. The van der Waals surface area contributed by atoms with Gasteiger partial charge in [-0.1, -0.05) is 13.3 Å². The average Bonchev–Trinajstić information content (AvgIpc) is 2.58. The first-order chi connectivity index (χ1) is 6.27. The fraction of sp³-hybridized carbons (Fsp3) is 0.917. The zero-order chi connectivity index (χ0) is 9.00. The molecule has 72 valence electrons. The van der Waals surface area contributed by atoms with E-state index in [1.54, 1.807) is 0 Å². The summed E-state index contributed by atoms with van der Waals surface area (Å²) in [7, 11) is 0. The summed E-state index contributed by atoms with van der Waals surface area (Å²) in [6, 6.07) is 0. The zero-order valence-corrected chi connectivity index (χ0v) is 8.33. The van der Waals surface area contributed by atoms with Crippen LogP contribution in [0.15, 0.2) is 0 Å². The van der Waals surface area contributed by atoms with E-state index in [1.807, 2.05) is 0 Å². The lowest BCUT2D eigenvalue weighted by atomic mass is 9.77. The Hall–Kier alpha value is -0.330. The molecular formula is C12H18O. The lowest BCUT2D eigenvalue weighted by molar-refractivity contribution is -0.126. The van der Waals surface area contributed by atoms with Gasteiger partial charge in [0.2, 0.25) is 0 Å². The summed E-state index contributed by atoms with van der Waals surface area (Å²) in [5, 5.41) is 0. The third-order valence-corrected chi connectivity index (χ3v) is 4.89. The molecule has 0 aromatic heterocycles. The summed E-state index contributed by atoms with van der Waals surface area (Å²) in [4.78, 5) is 11.8. The Balaban J connectivity index is 1.95. The molecule has 0 aromatic carbocycles. The first-order valence-corrected chi connectivity index (χ1v) is 5.80. The van der Waals surface area contributed by atoms with Gasteiger partial charge < -0.3 is 0 Å². The Kier molecular flexibility index (Phi) is 1.59. The first kappa shape index (κ1) is 8.02. The smallest absolute Gasteiger partial charge is 0.136 e. The number of carbonyl (C=O) groups is 1. The molecule has 3 aliphatic rings. The Morgan fingerprint density at radius 3 is 2.77 bits per heavy atom. The fourth-order valence-electron chi connectivity index (χ4n) is 4.34. The Morgan fingerprint density at radius 2 is 1.92 bits per heavy atom. The van der Waals surface area contributed by atoms with Gasteiger partial charge in [-0.05, 0) is 42.9 Å². The van der Waals surface area contributed by atoms with Crippen LogP contribution in [0.1, 0.15) is 39.0 Å². The monoisotopic (exact) mass is 178 g/mol. The second kappa shape index (κ2) is 2.59. The van der Waals surface area contributed by atoms with Gasteiger partial charge in [-0.15, -0.1) is 0 Å². The van der Waals surface area contributed by atoms with Crippen LogP contribution >= 0.6 is 0 Å². The molecule has 1 nitrogen and oxygen atoms in total. The van der Waals surface area contributed by atoms with Crippen LogP contribution in [0, 0.1) is 29.6 Å². The summed E-state index contributed by atoms with van der Waals surface area (Å²) in [6.45, 7) is 2.29. The van der Waals surface area contributed by atoms with E-state index in [2.05, 4.69) is 6.92 Å². The SMILES string of the molecule is CC1CC(=O)C2CC1C1CCCC21. The molecule has 0 aromatic rings. The highest BCUT2D eigenvalue weighted by Gasteiger charge is 2.52. The summed E-state index contributed by atoms with van der Waals surface area (Å²) >= 11 is 0. The van der Waals surface area contributed by atoms with Crippen LogP contribution in [-0.2, 0) is 4.79 Å². The molecule has 0 heterocycles. The van der Waals surface area contributed by atoms with Crippen LogP contribution in [0.4, 0.5) is 0 Å². The maximum atomic E-state index is 11.8. The molecular weight excluding hydrogens is 160 g/mol. The minimum atomic E-state index is 0.494. The van der Waals surface area contributed by atoms with Crippen molar-refractivity contribution in [3.8, 4) is 0 Å². The summed E-state index contributed by atoms with van der Waals surface area (Å²) in [5.74, 6) is 4.44. The van der Waals surface area contributed by atoms with Crippen LogP contribution in [0.2, 0.25) is 0 Å². The van der Waals surface area contributed by atoms with Crippen molar-refractivity contribution in [2.75, 3.05) is 0 Å². The van der Waals surface area contributed by atoms with E-state index in [9.17, 15) is 4.79 Å². The van der Waals surface area contributed by atoms with Crippen molar-refractivity contribution >= 4 is 5.78 Å². The van der Waals surface area contributed by atoms with Crippen LogP contribution in [0.25, 0.3) is 0 Å². The van der Waals surface area contributed by atoms with E-state index in [0.29, 0.717) is 17.6 Å². The van der Waals surface area contributed by atoms with Crippen molar-refractivity contribution in [2.45, 2.75) is 39.0 Å². The van der Waals surface area contributed by atoms with E-state index < -0.39 is 0 Å². The highest BCUT2D eigenvalue weighted by Crippen LogP contribution is 2.57. The molecule has 1 heteroatoms. The molecule has 5 atom stereocenters. The van der Waals surface area contributed by atoms with Crippen LogP contribution < -0.4 is 0 Å². The van der Waals surface area contributed by atoms with Crippen molar-refractivity contribution in [1.82, 2.24) is 0 Å². The maximum Gasteiger partial charge on any atom is 0.136 e. The minimum absolute atomic E-state index is 0.494. The molecule has 13 heavy (non-hydrogen) atoms. The lowest BCUT2D eigenvalue weighted by Gasteiger charge is -2.27. The predicted octanol–water partition coefficient (Wildman–Crippen LogP) is 2.65. The zero-order valence-electron chi connectivity index (χ0n) is 8.33. The normalized spacial score (nSPS) is 53.9. The molecule has 3 rings (SSSR count). The molecule has 3 saturated carbocycles. The van der Waals surface area contributed by atoms with Gasteiger partial charge in [-0.25, -0.2) is 0 Å². The van der Waals surface area contributed by atoms with Gasteiger partial charge in [-0.3, -0.25) is 4.79 Å². The van der Waals surface area contributed by atoms with Crippen molar-refractivity contribution in [2.24, 2.45) is 29.6 Å². The van der Waals surface area contributed by atoms with Crippen LogP contribution in [0.3, 0.4) is 0 Å². The lowest BCUT2D eigenvalue weighted by Crippen LogP contribution is -2.26. The van der Waals surface area contributed by atoms with Crippen molar-refractivity contribution in [3.63, 3.8) is 0 Å². The highest BCUT2D eigenvalue weighted by molar-refractivity contribution is 5.83. The third kappa shape index (κ3) is 0.963. The topological polar surface area (TPSA) is 17.1 Å². The molecule has 2 bridgehead atoms. The molecule has 0 saturated heterocycles. The highest BCUT2D eigenvalue weighted by atomic mass is 16.1. The molecule has 3 fully saturated rings. The van der Waals surface area contributed by atoms with Crippen LogP contribution in [0.5, 0.6) is 0 Å². The van der Waals surface area contributed by atoms with Gasteiger partial charge in [0.15, 0.2) is 0 Å². The number of ketones is 1. The van der Waals surface area contributed by atoms with Gasteiger partial charge in [0.05, 0.1) is 0 Å². The number of fused-ring (bicyclic) bond motifs is 5. The minimum Gasteiger partial charge on any atom is -0.299 e. The molecule has 0 amide bonds. The van der Waals surface area contributed by atoms with Crippen molar-refractivity contribution in [1.29, 1.82) is 0 Å². The summed E-state index contributed by atoms with van der Waals surface area (Å²) in [5.41, 5.74) is 0. The molecule has 5 unspecified atom stereocenters. The van der Waals surface area contributed by atoms with E-state index in [1.165, 1.54) is 25.7 Å². The van der Waals surface area contributed by atoms with Crippen molar-refractivity contribution < 1.29 is 4.79 Å². The Bertz CT molecular complexity index is 246. The van der Waals surface area contributed by atoms with E-state index in [0.717, 1.165) is 24.2 Å². The fourth-order valence-corrected chi connectivity index (χ4v) is 4.34. The second-order valence-corrected chi connectivity index (χ2v) is 5.41. The molecule has 0 aliphatic heterocycles. The van der Waals surface area contributed by atoms with E-state index in [4.69, 9.17) is 0 Å². The largest absolute Gasteiger partial charge is 0.299 e. The summed E-state index contributed by atoms with van der Waals surface area (Å²) in [6.07, 6.45) is 6.30. The Labute approximate surface area is 79.9 Å². The van der Waals surface area contributed by atoms with Gasteiger partial charge in [0.25, 0.3) is 0 Å². The third-order valence-electron chi connectivity index (χ3n) is 4.89. The number of hydrogen-bond donors (Lipinski definition) is 0. The molecule has 0 radical (unpaired) electrons. The average molecular weight is 178 g/mol. The Morgan fingerprint density at radius 1 is 1.15 bits per heavy atom. The van der Waals surface area contributed by atoms with Gasteiger partial charge >= 0.3 is 0 Å². The molecule has 3 aliphatic carbocycles. The van der Waals surface area contributed by atoms with E-state index >= 15 is 0 Å². The number of Topliss-reactive ketones (excluding diaryl/α,β-unsaturated/α-hetero) is 1. The van der Waals surface area contributed by atoms with Gasteiger partial charge in [-0.2, -0.15) is 0 Å². The quantitative estimate of drug-likeness (QED) is 0.557.